The van der Waals surface area contributed by atoms with Crippen molar-refractivity contribution in [3.63, 3.8) is 0 Å². The Hall–Kier alpha value is -2.01. The van der Waals surface area contributed by atoms with Gasteiger partial charge in [0.05, 0.1) is 6.61 Å². The van der Waals surface area contributed by atoms with Crippen molar-refractivity contribution in [3.05, 3.63) is 40.4 Å². The van der Waals surface area contributed by atoms with E-state index in [-0.39, 0.29) is 18.1 Å². The SMILES string of the molecule is CCOC(=O)c1nc(-c2cccc(C)c2)sc1C(C)=O. The van der Waals surface area contributed by atoms with Crippen LogP contribution in [0, 0.1) is 6.92 Å². The average molecular weight is 289 g/mol. The number of carbonyl (C=O) groups is 2. The summed E-state index contributed by atoms with van der Waals surface area (Å²) in [6.07, 6.45) is 0. The Kier molecular flexibility index (Phi) is 4.29. The first-order chi connectivity index (χ1) is 9.52. The lowest BCUT2D eigenvalue weighted by molar-refractivity contribution is 0.0517. The molecule has 1 heterocycles. The van der Waals surface area contributed by atoms with Gasteiger partial charge in [-0.3, -0.25) is 4.79 Å². The molecule has 104 valence electrons. The van der Waals surface area contributed by atoms with Gasteiger partial charge in [0.15, 0.2) is 11.5 Å². The van der Waals surface area contributed by atoms with Crippen LogP contribution in [0.15, 0.2) is 24.3 Å². The zero-order valence-electron chi connectivity index (χ0n) is 11.6. The summed E-state index contributed by atoms with van der Waals surface area (Å²) in [5.74, 6) is -0.725. The lowest BCUT2D eigenvalue weighted by Gasteiger charge is -1.99. The van der Waals surface area contributed by atoms with Gasteiger partial charge in [-0.1, -0.05) is 23.8 Å². The third-order valence-electron chi connectivity index (χ3n) is 2.68. The highest BCUT2D eigenvalue weighted by Crippen LogP contribution is 2.29. The van der Waals surface area contributed by atoms with Crippen LogP contribution < -0.4 is 0 Å². The molecular formula is C15H15NO3S. The molecule has 0 amide bonds. The fourth-order valence-electron chi connectivity index (χ4n) is 1.80. The van der Waals surface area contributed by atoms with Crippen molar-refractivity contribution in [1.82, 2.24) is 4.98 Å². The third-order valence-corrected chi connectivity index (χ3v) is 3.89. The third kappa shape index (κ3) is 2.93. The van der Waals surface area contributed by atoms with Crippen LogP contribution in [0.1, 0.15) is 39.6 Å². The summed E-state index contributed by atoms with van der Waals surface area (Å²) in [4.78, 5) is 28.1. The maximum atomic E-state index is 11.9. The first-order valence-corrected chi connectivity index (χ1v) is 7.10. The van der Waals surface area contributed by atoms with E-state index in [1.807, 2.05) is 31.2 Å². The zero-order valence-corrected chi connectivity index (χ0v) is 12.4. The number of aromatic nitrogens is 1. The number of thiazole rings is 1. The van der Waals surface area contributed by atoms with E-state index in [1.165, 1.54) is 18.3 Å². The van der Waals surface area contributed by atoms with Crippen LogP contribution in [-0.2, 0) is 4.74 Å². The molecule has 2 aromatic rings. The summed E-state index contributed by atoms with van der Waals surface area (Å²) in [6.45, 7) is 5.39. The highest BCUT2D eigenvalue weighted by atomic mass is 32.1. The second-order valence-corrected chi connectivity index (χ2v) is 5.34. The van der Waals surface area contributed by atoms with Crippen LogP contribution >= 0.6 is 11.3 Å². The summed E-state index contributed by atoms with van der Waals surface area (Å²) in [5.41, 5.74) is 2.11. The molecule has 1 aromatic carbocycles. The molecule has 0 bridgehead atoms. The van der Waals surface area contributed by atoms with Crippen LogP contribution in [0.4, 0.5) is 0 Å². The minimum atomic E-state index is -0.548. The van der Waals surface area contributed by atoms with Crippen LogP contribution in [-0.4, -0.2) is 23.3 Å². The van der Waals surface area contributed by atoms with Gasteiger partial charge in [-0.15, -0.1) is 11.3 Å². The predicted octanol–water partition coefficient (Wildman–Crippen LogP) is 3.50. The number of aryl methyl sites for hydroxylation is 1. The van der Waals surface area contributed by atoms with E-state index < -0.39 is 5.97 Å². The summed E-state index contributed by atoms with van der Waals surface area (Å²) in [5, 5.41) is 0.655. The highest BCUT2D eigenvalue weighted by Gasteiger charge is 2.22. The molecule has 4 nitrogen and oxygen atoms in total. The molecule has 20 heavy (non-hydrogen) atoms. The van der Waals surface area contributed by atoms with E-state index in [2.05, 4.69) is 4.98 Å². The van der Waals surface area contributed by atoms with Crippen LogP contribution in [0.2, 0.25) is 0 Å². The molecule has 0 saturated carbocycles. The molecule has 2 rings (SSSR count). The first-order valence-electron chi connectivity index (χ1n) is 6.28. The van der Waals surface area contributed by atoms with Gasteiger partial charge >= 0.3 is 5.97 Å². The summed E-state index contributed by atoms with van der Waals surface area (Å²) in [6, 6.07) is 7.78. The van der Waals surface area contributed by atoms with Gasteiger partial charge in [0.1, 0.15) is 9.88 Å². The quantitative estimate of drug-likeness (QED) is 0.638. The highest BCUT2D eigenvalue weighted by molar-refractivity contribution is 7.17. The molecule has 0 atom stereocenters. The van der Waals surface area contributed by atoms with E-state index in [1.54, 1.807) is 6.92 Å². The number of rotatable bonds is 4. The number of Topliss-reactive ketones (excluding diaryl/α,β-unsaturated/α-hetero) is 1. The molecule has 0 N–H and O–H groups in total. The van der Waals surface area contributed by atoms with E-state index in [0.717, 1.165) is 11.1 Å². The topological polar surface area (TPSA) is 56.3 Å². The van der Waals surface area contributed by atoms with Gasteiger partial charge < -0.3 is 4.74 Å². The lowest BCUT2D eigenvalue weighted by atomic mass is 10.1. The number of esters is 1. The van der Waals surface area contributed by atoms with E-state index in [0.29, 0.717) is 9.88 Å². The smallest absolute Gasteiger partial charge is 0.358 e. The Morgan fingerprint density at radius 2 is 2.10 bits per heavy atom. The van der Waals surface area contributed by atoms with Crippen LogP contribution in [0.3, 0.4) is 0 Å². The molecule has 0 aliphatic rings. The maximum absolute atomic E-state index is 11.9. The van der Waals surface area contributed by atoms with Crippen molar-refractivity contribution in [1.29, 1.82) is 0 Å². The van der Waals surface area contributed by atoms with Crippen molar-refractivity contribution in [2.75, 3.05) is 6.61 Å². The Morgan fingerprint density at radius 1 is 1.35 bits per heavy atom. The Morgan fingerprint density at radius 3 is 2.70 bits per heavy atom. The number of hydrogen-bond donors (Lipinski definition) is 0. The van der Waals surface area contributed by atoms with Crippen molar-refractivity contribution >= 4 is 23.1 Å². The molecule has 0 unspecified atom stereocenters. The van der Waals surface area contributed by atoms with Crippen molar-refractivity contribution in [2.45, 2.75) is 20.8 Å². The summed E-state index contributed by atoms with van der Waals surface area (Å²) >= 11 is 1.22. The number of ether oxygens (including phenoxy) is 1. The molecule has 0 radical (unpaired) electrons. The largest absolute Gasteiger partial charge is 0.461 e. The number of carbonyl (C=O) groups excluding carboxylic acids is 2. The molecule has 0 aliphatic heterocycles. The monoisotopic (exact) mass is 289 g/mol. The van der Waals surface area contributed by atoms with E-state index in [9.17, 15) is 9.59 Å². The summed E-state index contributed by atoms with van der Waals surface area (Å²) in [7, 11) is 0. The second-order valence-electron chi connectivity index (χ2n) is 4.34. The fraction of sp³-hybridized carbons (Fsp3) is 0.267. The van der Waals surface area contributed by atoms with Crippen LogP contribution in [0.5, 0.6) is 0 Å². The predicted molar refractivity (Wildman–Crippen MR) is 78.2 cm³/mol. The van der Waals surface area contributed by atoms with Crippen molar-refractivity contribution in [3.8, 4) is 10.6 Å². The van der Waals surface area contributed by atoms with E-state index >= 15 is 0 Å². The van der Waals surface area contributed by atoms with Crippen molar-refractivity contribution in [2.24, 2.45) is 0 Å². The Labute approximate surface area is 121 Å². The zero-order chi connectivity index (χ0) is 14.7. The lowest BCUT2D eigenvalue weighted by Crippen LogP contribution is -2.09. The molecule has 0 fully saturated rings. The fourth-order valence-corrected chi connectivity index (χ4v) is 2.74. The molecule has 1 aromatic heterocycles. The average Bonchev–Trinajstić information content (AvgIpc) is 2.84. The Bertz CT molecular complexity index is 661. The van der Waals surface area contributed by atoms with Gasteiger partial charge in [-0.25, -0.2) is 9.78 Å². The van der Waals surface area contributed by atoms with Gasteiger partial charge in [0, 0.05) is 12.5 Å². The first kappa shape index (κ1) is 14.4. The number of ketones is 1. The van der Waals surface area contributed by atoms with Gasteiger partial charge in [-0.05, 0) is 19.9 Å². The standard InChI is InChI=1S/C15H15NO3S/c1-4-19-15(18)12-13(10(3)17)20-14(16-12)11-7-5-6-9(2)8-11/h5-8H,4H2,1-3H3. The number of benzene rings is 1. The molecule has 0 aliphatic carbocycles. The van der Waals surface area contributed by atoms with E-state index in [4.69, 9.17) is 4.74 Å². The molecular weight excluding hydrogens is 274 g/mol. The minimum Gasteiger partial charge on any atom is -0.461 e. The van der Waals surface area contributed by atoms with Gasteiger partial charge in [0.25, 0.3) is 0 Å². The molecule has 0 spiro atoms. The number of hydrogen-bond acceptors (Lipinski definition) is 5. The second kappa shape index (κ2) is 5.96. The van der Waals surface area contributed by atoms with Gasteiger partial charge in [0.2, 0.25) is 0 Å². The van der Waals surface area contributed by atoms with Crippen LogP contribution in [0.25, 0.3) is 10.6 Å². The number of nitrogens with zero attached hydrogens (tertiary/aromatic N) is 1. The summed E-state index contributed by atoms with van der Waals surface area (Å²) < 4.78 is 4.94. The van der Waals surface area contributed by atoms with Crippen molar-refractivity contribution < 1.29 is 14.3 Å². The molecule has 5 heteroatoms. The Balaban J connectivity index is 2.49. The maximum Gasteiger partial charge on any atom is 0.358 e. The molecule has 0 saturated heterocycles. The minimum absolute atomic E-state index is 0.112. The normalized spacial score (nSPS) is 10.3. The van der Waals surface area contributed by atoms with Gasteiger partial charge in [-0.2, -0.15) is 0 Å².